The molecule has 0 aliphatic carbocycles. The van der Waals surface area contributed by atoms with Gasteiger partial charge in [-0.2, -0.15) is 0 Å². The Morgan fingerprint density at radius 2 is 2.18 bits per heavy atom. The second-order valence-electron chi connectivity index (χ2n) is 4.25. The summed E-state index contributed by atoms with van der Waals surface area (Å²) in [5.41, 5.74) is -0.435. The zero-order valence-corrected chi connectivity index (χ0v) is 10.3. The van der Waals surface area contributed by atoms with Crippen LogP contribution in [-0.2, 0) is 0 Å². The minimum Gasteiger partial charge on any atom is -0.394 e. The van der Waals surface area contributed by atoms with Gasteiger partial charge in [0, 0.05) is 0 Å². The Balaban J connectivity index is 2.69. The smallest absolute Gasteiger partial charge is 0.319 e. The summed E-state index contributed by atoms with van der Waals surface area (Å²) < 4.78 is 12.8. The number of hydrogen-bond acceptors (Lipinski definition) is 2. The highest BCUT2D eigenvalue weighted by Gasteiger charge is 2.19. The zero-order chi connectivity index (χ0) is 13.1. The molecule has 0 radical (unpaired) electrons. The summed E-state index contributed by atoms with van der Waals surface area (Å²) in [5.74, 6) is -0.475. The van der Waals surface area contributed by atoms with Crippen LogP contribution in [-0.4, -0.2) is 23.3 Å². The molecule has 1 aromatic rings. The number of hydrogen-bond donors (Lipinski definition) is 3. The molecule has 0 unspecified atom stereocenters. The molecule has 0 atom stereocenters. The Morgan fingerprint density at radius 1 is 1.53 bits per heavy atom. The van der Waals surface area contributed by atoms with Gasteiger partial charge in [-0.3, -0.25) is 0 Å². The van der Waals surface area contributed by atoms with Crippen LogP contribution in [0.5, 0.6) is 0 Å². The quantitative estimate of drug-likeness (QED) is 0.781. The van der Waals surface area contributed by atoms with E-state index in [9.17, 15) is 9.18 Å². The van der Waals surface area contributed by atoms with Crippen LogP contribution in [0.3, 0.4) is 0 Å². The Labute approximate surface area is 104 Å². The Hall–Kier alpha value is -1.33. The Morgan fingerprint density at radius 3 is 2.71 bits per heavy atom. The largest absolute Gasteiger partial charge is 0.394 e. The second-order valence-corrected chi connectivity index (χ2v) is 4.65. The van der Waals surface area contributed by atoms with Gasteiger partial charge in [-0.15, -0.1) is 0 Å². The average molecular weight is 261 g/mol. The molecule has 1 aromatic carbocycles. The van der Waals surface area contributed by atoms with Gasteiger partial charge < -0.3 is 15.7 Å². The fraction of sp³-hybridized carbons (Fsp3) is 0.364. The number of carbonyl (C=O) groups excluding carboxylic acids is 1. The number of anilines is 1. The normalized spacial score (nSPS) is 11.1. The first kappa shape index (κ1) is 13.7. The number of amides is 2. The fourth-order valence-electron chi connectivity index (χ4n) is 1.09. The van der Waals surface area contributed by atoms with Crippen LogP contribution in [0.25, 0.3) is 0 Å². The van der Waals surface area contributed by atoms with E-state index in [2.05, 4.69) is 10.6 Å². The van der Waals surface area contributed by atoms with E-state index in [1.807, 2.05) is 0 Å². The van der Waals surface area contributed by atoms with E-state index in [-0.39, 0.29) is 11.6 Å². The van der Waals surface area contributed by atoms with Gasteiger partial charge in [-0.25, -0.2) is 9.18 Å². The molecule has 0 saturated heterocycles. The van der Waals surface area contributed by atoms with Crippen molar-refractivity contribution in [3.05, 3.63) is 29.0 Å². The molecule has 0 spiro atoms. The van der Waals surface area contributed by atoms with Gasteiger partial charge in [0.1, 0.15) is 5.82 Å². The molecule has 0 aliphatic heterocycles. The van der Waals surface area contributed by atoms with Gasteiger partial charge in [-0.1, -0.05) is 11.6 Å². The highest BCUT2D eigenvalue weighted by Crippen LogP contribution is 2.22. The van der Waals surface area contributed by atoms with E-state index >= 15 is 0 Å². The summed E-state index contributed by atoms with van der Waals surface area (Å²) in [5, 5.41) is 14.1. The molecule has 0 fully saturated rings. The number of benzene rings is 1. The van der Waals surface area contributed by atoms with Crippen molar-refractivity contribution in [2.24, 2.45) is 0 Å². The van der Waals surface area contributed by atoms with Gasteiger partial charge in [-0.05, 0) is 32.0 Å². The van der Waals surface area contributed by atoms with Crippen molar-refractivity contribution in [1.82, 2.24) is 5.32 Å². The van der Waals surface area contributed by atoms with Gasteiger partial charge in [0.15, 0.2) is 0 Å². The summed E-state index contributed by atoms with van der Waals surface area (Å²) in [7, 11) is 0. The summed E-state index contributed by atoms with van der Waals surface area (Å²) in [6.07, 6.45) is 0. The molecule has 0 aromatic heterocycles. The Bertz CT molecular complexity index is 424. The first-order chi connectivity index (χ1) is 7.84. The van der Waals surface area contributed by atoms with E-state index < -0.39 is 17.4 Å². The monoisotopic (exact) mass is 260 g/mol. The highest BCUT2D eigenvalue weighted by atomic mass is 35.5. The van der Waals surface area contributed by atoms with Crippen molar-refractivity contribution in [2.45, 2.75) is 19.4 Å². The van der Waals surface area contributed by atoms with Gasteiger partial charge in [0.05, 0.1) is 22.9 Å². The third kappa shape index (κ3) is 4.20. The first-order valence-corrected chi connectivity index (χ1v) is 5.37. The molecule has 0 heterocycles. The van der Waals surface area contributed by atoms with Crippen molar-refractivity contribution in [3.8, 4) is 0 Å². The van der Waals surface area contributed by atoms with Gasteiger partial charge in [0.2, 0.25) is 0 Å². The van der Waals surface area contributed by atoms with E-state index in [0.29, 0.717) is 5.69 Å². The summed E-state index contributed by atoms with van der Waals surface area (Å²) >= 11 is 5.75. The number of aliphatic hydroxyl groups excluding tert-OH is 1. The zero-order valence-electron chi connectivity index (χ0n) is 9.55. The first-order valence-electron chi connectivity index (χ1n) is 4.99. The fourth-order valence-corrected chi connectivity index (χ4v) is 1.31. The number of carbonyl (C=O) groups is 1. The van der Waals surface area contributed by atoms with Crippen LogP contribution in [0.4, 0.5) is 14.9 Å². The summed E-state index contributed by atoms with van der Waals surface area (Å²) in [6.45, 7) is 3.13. The molecule has 4 nitrogen and oxygen atoms in total. The lowest BCUT2D eigenvalue weighted by Gasteiger charge is -2.23. The van der Waals surface area contributed by atoms with Crippen LogP contribution < -0.4 is 10.6 Å². The topological polar surface area (TPSA) is 61.4 Å². The van der Waals surface area contributed by atoms with Crippen molar-refractivity contribution < 1.29 is 14.3 Å². The molecule has 3 N–H and O–H groups in total. The number of aliphatic hydroxyl groups is 1. The molecule has 2 amide bonds. The van der Waals surface area contributed by atoms with Gasteiger partial charge in [0.25, 0.3) is 0 Å². The van der Waals surface area contributed by atoms with E-state index in [0.717, 1.165) is 6.07 Å². The highest BCUT2D eigenvalue weighted by molar-refractivity contribution is 6.33. The van der Waals surface area contributed by atoms with Crippen LogP contribution in [0.1, 0.15) is 13.8 Å². The van der Waals surface area contributed by atoms with E-state index in [1.165, 1.54) is 12.1 Å². The lowest BCUT2D eigenvalue weighted by atomic mass is 10.1. The molecule has 94 valence electrons. The third-order valence-corrected chi connectivity index (χ3v) is 2.34. The lowest BCUT2D eigenvalue weighted by molar-refractivity contribution is 0.187. The van der Waals surface area contributed by atoms with E-state index in [4.69, 9.17) is 16.7 Å². The van der Waals surface area contributed by atoms with Crippen molar-refractivity contribution >= 4 is 23.3 Å². The predicted octanol–water partition coefficient (Wildman–Crippen LogP) is 2.37. The number of urea groups is 1. The number of halogens is 2. The molecular weight excluding hydrogens is 247 g/mol. The Kier molecular flexibility index (Phi) is 4.31. The van der Waals surface area contributed by atoms with Crippen molar-refractivity contribution in [1.29, 1.82) is 0 Å². The third-order valence-electron chi connectivity index (χ3n) is 2.03. The van der Waals surface area contributed by atoms with Crippen LogP contribution in [0.15, 0.2) is 18.2 Å². The molecule has 6 heteroatoms. The second kappa shape index (κ2) is 5.33. The standard InChI is InChI=1S/C11H14ClFN2O2/c1-11(2,6-16)15-10(17)14-9-4-3-7(13)5-8(9)12/h3-5,16H,6H2,1-2H3,(H2,14,15,17). The lowest BCUT2D eigenvalue weighted by Crippen LogP contribution is -2.48. The van der Waals surface area contributed by atoms with Gasteiger partial charge >= 0.3 is 6.03 Å². The van der Waals surface area contributed by atoms with Crippen molar-refractivity contribution in [2.75, 3.05) is 11.9 Å². The predicted molar refractivity (Wildman–Crippen MR) is 64.7 cm³/mol. The van der Waals surface area contributed by atoms with Crippen LogP contribution in [0, 0.1) is 5.82 Å². The SMILES string of the molecule is CC(C)(CO)NC(=O)Nc1ccc(F)cc1Cl. The molecule has 17 heavy (non-hydrogen) atoms. The summed E-state index contributed by atoms with van der Waals surface area (Å²) in [6, 6.07) is 3.15. The molecule has 1 rings (SSSR count). The molecule has 0 bridgehead atoms. The van der Waals surface area contributed by atoms with Crippen LogP contribution >= 0.6 is 11.6 Å². The molecule has 0 saturated carbocycles. The average Bonchev–Trinajstić information content (AvgIpc) is 2.21. The number of rotatable bonds is 3. The molecule has 0 aliphatic rings. The van der Waals surface area contributed by atoms with Crippen LogP contribution in [0.2, 0.25) is 5.02 Å². The minimum atomic E-state index is -0.739. The van der Waals surface area contributed by atoms with Crippen molar-refractivity contribution in [3.63, 3.8) is 0 Å². The van der Waals surface area contributed by atoms with E-state index in [1.54, 1.807) is 13.8 Å². The maximum absolute atomic E-state index is 12.8. The molecular formula is C11H14ClFN2O2. The summed E-state index contributed by atoms with van der Waals surface area (Å²) in [4.78, 5) is 11.5. The minimum absolute atomic E-state index is 0.113. The number of nitrogens with one attached hydrogen (secondary N) is 2. The maximum atomic E-state index is 12.8. The maximum Gasteiger partial charge on any atom is 0.319 e.